The lowest BCUT2D eigenvalue weighted by Gasteiger charge is -2.58. The number of epoxide rings is 1. The summed E-state index contributed by atoms with van der Waals surface area (Å²) in [5, 5.41) is 9.68. The maximum atomic E-state index is 12.8. The van der Waals surface area contributed by atoms with Gasteiger partial charge in [-0.05, 0) is 25.3 Å². The van der Waals surface area contributed by atoms with Gasteiger partial charge in [0.2, 0.25) is 0 Å². The summed E-state index contributed by atoms with van der Waals surface area (Å²) in [6.07, 6.45) is 9.68. The van der Waals surface area contributed by atoms with Crippen LogP contribution in [-0.2, 0) is 38.1 Å². The summed E-state index contributed by atoms with van der Waals surface area (Å²) in [5.74, 6) is -1.74. The summed E-state index contributed by atoms with van der Waals surface area (Å²) in [6.45, 7) is 4.29. The maximum Gasteiger partial charge on any atom is 0.331 e. The Labute approximate surface area is 209 Å². The van der Waals surface area contributed by atoms with Gasteiger partial charge in [-0.1, -0.05) is 30.7 Å². The second-order valence-electron chi connectivity index (χ2n) is 10.5. The highest BCUT2D eigenvalue weighted by Gasteiger charge is 2.83. The molecule has 0 amide bonds. The molecule has 3 heterocycles. The summed E-state index contributed by atoms with van der Waals surface area (Å²) >= 11 is 0. The molecule has 36 heavy (non-hydrogen) atoms. The van der Waals surface area contributed by atoms with Crippen molar-refractivity contribution in [3.8, 4) is 0 Å². The summed E-state index contributed by atoms with van der Waals surface area (Å²) in [6, 6.07) is 0. The molecule has 6 atom stereocenters. The molecule has 2 aliphatic carbocycles. The Morgan fingerprint density at radius 1 is 1.00 bits per heavy atom. The minimum Gasteiger partial charge on any atom is -0.462 e. The number of hydrogen-bond donors (Lipinski definition) is 1. The van der Waals surface area contributed by atoms with Gasteiger partial charge in [0.05, 0.1) is 37.4 Å². The molecule has 0 aromatic heterocycles. The Morgan fingerprint density at radius 3 is 2.47 bits per heavy atom. The maximum absolute atomic E-state index is 12.8. The minimum atomic E-state index is -0.672. The van der Waals surface area contributed by atoms with Crippen molar-refractivity contribution in [1.29, 1.82) is 0 Å². The largest absolute Gasteiger partial charge is 0.462 e. The summed E-state index contributed by atoms with van der Waals surface area (Å²) in [5.41, 5.74) is -0.350. The van der Waals surface area contributed by atoms with Crippen LogP contribution < -0.4 is 0 Å². The molecule has 0 radical (unpaired) electrons. The number of ether oxygens (including phenoxy) is 5. The van der Waals surface area contributed by atoms with Crippen molar-refractivity contribution >= 4 is 17.9 Å². The Morgan fingerprint density at radius 2 is 1.75 bits per heavy atom. The summed E-state index contributed by atoms with van der Waals surface area (Å²) < 4.78 is 29.6. The quantitative estimate of drug-likeness (QED) is 0.250. The van der Waals surface area contributed by atoms with Crippen molar-refractivity contribution in [3.05, 3.63) is 47.6 Å². The van der Waals surface area contributed by atoms with Gasteiger partial charge < -0.3 is 28.8 Å². The van der Waals surface area contributed by atoms with Crippen LogP contribution in [0.15, 0.2) is 47.6 Å². The number of cyclic esters (lactones) is 2. The Kier molecular flexibility index (Phi) is 6.43. The molecule has 2 spiro atoms. The van der Waals surface area contributed by atoms with Crippen LogP contribution in [0.3, 0.4) is 0 Å². The van der Waals surface area contributed by atoms with Crippen LogP contribution in [0.1, 0.15) is 39.5 Å². The van der Waals surface area contributed by atoms with Crippen molar-refractivity contribution in [1.82, 2.24) is 0 Å². The van der Waals surface area contributed by atoms with E-state index in [1.54, 1.807) is 0 Å². The predicted molar refractivity (Wildman–Crippen MR) is 125 cm³/mol. The smallest absolute Gasteiger partial charge is 0.331 e. The molecular weight excluding hydrogens is 468 g/mol. The van der Waals surface area contributed by atoms with Crippen LogP contribution in [0, 0.1) is 10.8 Å². The van der Waals surface area contributed by atoms with Crippen LogP contribution in [0.2, 0.25) is 0 Å². The topological polar surface area (TPSA) is 121 Å². The molecule has 9 nitrogen and oxygen atoms in total. The first-order valence-electron chi connectivity index (χ1n) is 12.4. The fourth-order valence-corrected chi connectivity index (χ4v) is 6.52. The van der Waals surface area contributed by atoms with Crippen molar-refractivity contribution in [2.45, 2.75) is 63.4 Å². The number of carbonyl (C=O) groups excluding carboxylic acids is 3. The van der Waals surface area contributed by atoms with Gasteiger partial charge in [-0.15, -0.1) is 0 Å². The lowest BCUT2D eigenvalue weighted by atomic mass is 9.51. The van der Waals surface area contributed by atoms with Crippen molar-refractivity contribution in [2.75, 3.05) is 26.4 Å². The highest BCUT2D eigenvalue weighted by atomic mass is 16.6. The number of carbonyl (C=O) groups is 3. The third kappa shape index (κ3) is 3.93. The summed E-state index contributed by atoms with van der Waals surface area (Å²) in [4.78, 5) is 37.5. The molecule has 2 saturated heterocycles. The van der Waals surface area contributed by atoms with Gasteiger partial charge in [0, 0.05) is 36.5 Å². The molecule has 0 unspecified atom stereocenters. The molecule has 3 aliphatic heterocycles. The monoisotopic (exact) mass is 500 g/mol. The molecule has 5 aliphatic rings. The van der Waals surface area contributed by atoms with Crippen LogP contribution in [0.25, 0.3) is 0 Å². The standard InChI is InChI=1S/C27H32O9/c1-17-7-9-26-15-33-24(31)12-18(14-28)8-10-32-22(29)5-3-4-6-23(30)36-19-13-21(35-20(26)11-17)27(16-34-27)25(19,26)2/h3-6,11-12,19-21,28H,7-10,13-16H2,1-2H3/b5-3-,6-4-,18-12+/t19-,20+,21-,25+,26-,27+/m0/s1. The first-order valence-corrected chi connectivity index (χ1v) is 12.4. The van der Waals surface area contributed by atoms with Gasteiger partial charge in [-0.2, -0.15) is 0 Å². The summed E-state index contributed by atoms with van der Waals surface area (Å²) in [7, 11) is 0. The molecule has 0 aromatic carbocycles. The molecule has 5 rings (SSSR count). The lowest BCUT2D eigenvalue weighted by molar-refractivity contribution is -0.232. The SMILES string of the molecule is CC1=C[C@H]2O[C@H]3C[C@@H]4OC(=O)/C=C\C=C/C(=O)OCC/C(CO)=C\C(=O)OC[C@]2(CC1)[C@]4(C)[C@@]31CO1. The van der Waals surface area contributed by atoms with Crippen LogP contribution in [0.5, 0.6) is 0 Å². The molecule has 3 fully saturated rings. The van der Waals surface area contributed by atoms with Gasteiger partial charge in [0.15, 0.2) is 0 Å². The molecule has 194 valence electrons. The van der Waals surface area contributed by atoms with Gasteiger partial charge in [0.25, 0.3) is 0 Å². The van der Waals surface area contributed by atoms with E-state index in [4.69, 9.17) is 23.7 Å². The van der Waals surface area contributed by atoms with E-state index >= 15 is 0 Å². The van der Waals surface area contributed by atoms with Gasteiger partial charge >= 0.3 is 17.9 Å². The number of rotatable bonds is 1. The van der Waals surface area contributed by atoms with Crippen molar-refractivity contribution in [3.63, 3.8) is 0 Å². The van der Waals surface area contributed by atoms with Gasteiger partial charge in [-0.25, -0.2) is 14.4 Å². The van der Waals surface area contributed by atoms with E-state index in [9.17, 15) is 19.5 Å². The van der Waals surface area contributed by atoms with E-state index in [0.717, 1.165) is 6.42 Å². The zero-order chi connectivity index (χ0) is 25.6. The zero-order valence-electron chi connectivity index (χ0n) is 20.6. The Bertz CT molecular complexity index is 1070. The Balaban J connectivity index is 1.53. The predicted octanol–water partition coefficient (Wildman–Crippen LogP) is 2.09. The molecule has 9 heteroatoms. The number of aliphatic hydroxyl groups excluding tert-OH is 1. The number of esters is 3. The van der Waals surface area contributed by atoms with Crippen molar-refractivity contribution < 1.29 is 43.2 Å². The van der Waals surface area contributed by atoms with E-state index in [1.165, 1.54) is 36.0 Å². The molecular formula is C27H32O9. The van der Waals surface area contributed by atoms with Crippen LogP contribution in [-0.4, -0.2) is 73.4 Å². The first kappa shape index (κ1) is 24.9. The second-order valence-corrected chi connectivity index (χ2v) is 10.5. The minimum absolute atomic E-state index is 0.0144. The Hall–Kier alpha value is -2.75. The number of aliphatic hydroxyl groups is 1. The lowest BCUT2D eigenvalue weighted by Crippen LogP contribution is -2.66. The third-order valence-electron chi connectivity index (χ3n) is 8.72. The second kappa shape index (κ2) is 9.28. The van der Waals surface area contributed by atoms with E-state index in [2.05, 4.69) is 19.9 Å². The fraction of sp³-hybridized carbons (Fsp3) is 0.593. The van der Waals surface area contributed by atoms with E-state index in [-0.39, 0.29) is 38.4 Å². The van der Waals surface area contributed by atoms with Crippen LogP contribution >= 0.6 is 0 Å². The molecule has 2 bridgehead atoms. The van der Waals surface area contributed by atoms with Gasteiger partial charge in [0.1, 0.15) is 18.3 Å². The van der Waals surface area contributed by atoms with E-state index < -0.39 is 40.4 Å². The number of allylic oxidation sites excluding steroid dienone is 3. The van der Waals surface area contributed by atoms with Crippen LogP contribution in [0.4, 0.5) is 0 Å². The normalized spacial score (nSPS) is 44.0. The van der Waals surface area contributed by atoms with Crippen molar-refractivity contribution in [2.24, 2.45) is 10.8 Å². The van der Waals surface area contributed by atoms with E-state index in [0.29, 0.717) is 25.0 Å². The number of hydrogen-bond acceptors (Lipinski definition) is 9. The molecule has 0 aromatic rings. The average molecular weight is 501 g/mol. The molecule has 1 N–H and O–H groups in total. The highest BCUT2D eigenvalue weighted by Crippen LogP contribution is 2.72. The fourth-order valence-electron chi connectivity index (χ4n) is 6.52. The highest BCUT2D eigenvalue weighted by molar-refractivity contribution is 5.85. The van der Waals surface area contributed by atoms with E-state index in [1.807, 2.05) is 0 Å². The van der Waals surface area contributed by atoms with Gasteiger partial charge in [-0.3, -0.25) is 0 Å². The molecule has 1 saturated carbocycles. The third-order valence-corrected chi connectivity index (χ3v) is 8.72. The zero-order valence-corrected chi connectivity index (χ0v) is 20.6. The first-order chi connectivity index (χ1) is 17.2. The average Bonchev–Trinajstić information content (AvgIpc) is 3.62.